The second-order valence-corrected chi connectivity index (χ2v) is 9.90. The Labute approximate surface area is 191 Å². The summed E-state index contributed by atoms with van der Waals surface area (Å²) in [6.07, 6.45) is 14.9. The molecule has 2 unspecified atom stereocenters. The van der Waals surface area contributed by atoms with Crippen LogP contribution in [0.1, 0.15) is 32.7 Å². The van der Waals surface area contributed by atoms with Gasteiger partial charge in [0.1, 0.15) is 0 Å². The first-order valence-corrected chi connectivity index (χ1v) is 12.3. The van der Waals surface area contributed by atoms with Crippen LogP contribution in [0.2, 0.25) is 0 Å². The van der Waals surface area contributed by atoms with Crippen LogP contribution in [-0.4, -0.2) is 45.2 Å². The summed E-state index contributed by atoms with van der Waals surface area (Å²) in [5.41, 5.74) is 5.00. The molecule has 166 valence electrons. The molecule has 7 nitrogen and oxygen atoms in total. The summed E-state index contributed by atoms with van der Waals surface area (Å²) in [5, 5.41) is 8.94. The molecule has 3 aromatic heterocycles. The van der Waals surface area contributed by atoms with Crippen molar-refractivity contribution in [2.75, 3.05) is 6.26 Å². The number of rotatable bonds is 8. The average Bonchev–Trinajstić information content (AvgIpc) is 3.47. The Kier molecular flexibility index (Phi) is 6.60. The summed E-state index contributed by atoms with van der Waals surface area (Å²) in [4.78, 5) is 9.20. The molecule has 32 heavy (non-hydrogen) atoms. The minimum Gasteiger partial charge on any atom is -0.275 e. The zero-order valence-electron chi connectivity index (χ0n) is 18.8. The van der Waals surface area contributed by atoms with E-state index in [0.717, 1.165) is 40.7 Å². The van der Waals surface area contributed by atoms with Gasteiger partial charge in [-0.1, -0.05) is 32.0 Å². The van der Waals surface area contributed by atoms with E-state index in [4.69, 9.17) is 0 Å². The van der Waals surface area contributed by atoms with Gasteiger partial charge in [0.15, 0.2) is 5.82 Å². The maximum absolute atomic E-state index is 11.8. The molecule has 0 radical (unpaired) electrons. The molecule has 0 fully saturated rings. The summed E-state index contributed by atoms with van der Waals surface area (Å²) in [6.45, 7) is 4.16. The predicted molar refractivity (Wildman–Crippen MR) is 128 cm³/mol. The lowest BCUT2D eigenvalue weighted by Gasteiger charge is -2.18. The highest BCUT2D eigenvalue weighted by atomic mass is 32.2. The fraction of sp³-hybridized carbons (Fsp3) is 0.333. The number of aryl methyl sites for hydroxylation is 1. The van der Waals surface area contributed by atoms with E-state index in [1.54, 1.807) is 10.9 Å². The topological polar surface area (TPSA) is 78.5 Å². The normalized spacial score (nSPS) is 14.2. The molecule has 0 bridgehead atoms. The van der Waals surface area contributed by atoms with Crippen LogP contribution in [0, 0.1) is 0 Å². The van der Waals surface area contributed by atoms with E-state index in [9.17, 15) is 4.21 Å². The molecule has 0 aliphatic rings. The van der Waals surface area contributed by atoms with Crippen molar-refractivity contribution < 1.29 is 4.21 Å². The quantitative estimate of drug-likeness (QED) is 0.396. The van der Waals surface area contributed by atoms with Gasteiger partial charge < -0.3 is 0 Å². The number of benzene rings is 1. The molecule has 8 heteroatoms. The van der Waals surface area contributed by atoms with Gasteiger partial charge in [0, 0.05) is 76.4 Å². The fourth-order valence-electron chi connectivity index (χ4n) is 3.70. The van der Waals surface area contributed by atoms with E-state index >= 15 is 0 Å². The van der Waals surface area contributed by atoms with Crippen molar-refractivity contribution in [1.29, 1.82) is 0 Å². The molecule has 4 aromatic rings. The number of nitrogens with zero attached hydrogens (tertiary/aromatic N) is 6. The molecule has 3 atom stereocenters. The molecular weight excluding hydrogens is 420 g/mol. The zero-order chi connectivity index (χ0) is 22.7. The molecule has 1 aromatic carbocycles. The molecule has 0 N–H and O–H groups in total. The van der Waals surface area contributed by atoms with E-state index in [2.05, 4.69) is 39.2 Å². The second kappa shape index (κ2) is 9.56. The van der Waals surface area contributed by atoms with E-state index < -0.39 is 10.8 Å². The van der Waals surface area contributed by atoms with Crippen LogP contribution in [0.4, 0.5) is 0 Å². The molecule has 0 saturated carbocycles. The van der Waals surface area contributed by atoms with Gasteiger partial charge in [-0.2, -0.15) is 10.2 Å². The van der Waals surface area contributed by atoms with Crippen LogP contribution in [-0.2, 0) is 17.8 Å². The number of aromatic nitrogens is 6. The summed E-state index contributed by atoms with van der Waals surface area (Å²) in [6, 6.07) is 8.38. The van der Waals surface area contributed by atoms with Gasteiger partial charge in [-0.25, -0.2) is 9.97 Å². The third-order valence-electron chi connectivity index (χ3n) is 5.76. The minimum atomic E-state index is -0.835. The molecule has 0 saturated heterocycles. The Balaban J connectivity index is 1.53. The lowest BCUT2D eigenvalue weighted by atomic mass is 10.1. The summed E-state index contributed by atoms with van der Waals surface area (Å²) in [5.74, 6) is 0.678. The van der Waals surface area contributed by atoms with Crippen molar-refractivity contribution in [2.45, 2.75) is 38.0 Å². The Hall–Kier alpha value is -3.13. The van der Waals surface area contributed by atoms with Crippen LogP contribution < -0.4 is 0 Å². The molecule has 0 spiro atoms. The Morgan fingerprint density at radius 1 is 0.938 bits per heavy atom. The van der Waals surface area contributed by atoms with Gasteiger partial charge in [0.05, 0.1) is 18.4 Å². The third-order valence-corrected chi connectivity index (χ3v) is 7.09. The highest BCUT2D eigenvalue weighted by molar-refractivity contribution is 7.84. The third kappa shape index (κ3) is 4.85. The van der Waals surface area contributed by atoms with E-state index in [1.165, 1.54) is 0 Å². The molecule has 0 amide bonds. The van der Waals surface area contributed by atoms with Gasteiger partial charge in [-0.3, -0.25) is 13.6 Å². The molecule has 4 rings (SSSR count). The monoisotopic (exact) mass is 448 g/mol. The van der Waals surface area contributed by atoms with Crippen molar-refractivity contribution in [3.8, 4) is 33.6 Å². The van der Waals surface area contributed by atoms with Gasteiger partial charge in [-0.05, 0) is 24.5 Å². The van der Waals surface area contributed by atoms with Gasteiger partial charge in [0.2, 0.25) is 0 Å². The second-order valence-electron chi connectivity index (χ2n) is 8.09. The number of hydrogen-bond acceptors (Lipinski definition) is 5. The first-order valence-electron chi connectivity index (χ1n) is 10.7. The van der Waals surface area contributed by atoms with Gasteiger partial charge >= 0.3 is 0 Å². The van der Waals surface area contributed by atoms with Crippen molar-refractivity contribution in [3.05, 3.63) is 61.4 Å². The lowest BCUT2D eigenvalue weighted by molar-refractivity contribution is 0.411. The van der Waals surface area contributed by atoms with Gasteiger partial charge in [-0.15, -0.1) is 0 Å². The largest absolute Gasteiger partial charge is 0.275 e. The maximum atomic E-state index is 11.8. The van der Waals surface area contributed by atoms with Crippen LogP contribution in [0.15, 0.2) is 61.4 Å². The Morgan fingerprint density at radius 3 is 2.28 bits per heavy atom. The average molecular weight is 449 g/mol. The molecule has 3 heterocycles. The first kappa shape index (κ1) is 22.1. The SMILES string of the molecule is CCC(C[C@H](C)S(C)=O)n1cc(-c2cnc(-c3cccc(-c4cnn(C)c4)c3)nc2)cn1. The van der Waals surface area contributed by atoms with E-state index in [1.807, 2.05) is 68.0 Å². The van der Waals surface area contributed by atoms with Crippen LogP contribution in [0.3, 0.4) is 0 Å². The van der Waals surface area contributed by atoms with Crippen LogP contribution >= 0.6 is 0 Å². The number of hydrogen-bond donors (Lipinski definition) is 0. The highest BCUT2D eigenvalue weighted by Gasteiger charge is 2.17. The maximum Gasteiger partial charge on any atom is 0.159 e. The molecule has 0 aliphatic heterocycles. The van der Waals surface area contributed by atoms with Crippen molar-refractivity contribution >= 4 is 10.8 Å². The molecular formula is C24H28N6OS. The minimum absolute atomic E-state index is 0.137. The summed E-state index contributed by atoms with van der Waals surface area (Å²) < 4.78 is 15.5. The fourth-order valence-corrected chi connectivity index (χ4v) is 4.19. The first-order chi connectivity index (χ1) is 15.4. The molecule has 0 aliphatic carbocycles. The van der Waals surface area contributed by atoms with Crippen molar-refractivity contribution in [1.82, 2.24) is 29.5 Å². The van der Waals surface area contributed by atoms with E-state index in [0.29, 0.717) is 5.82 Å². The van der Waals surface area contributed by atoms with Crippen molar-refractivity contribution in [3.63, 3.8) is 0 Å². The van der Waals surface area contributed by atoms with E-state index in [-0.39, 0.29) is 11.3 Å². The summed E-state index contributed by atoms with van der Waals surface area (Å²) >= 11 is 0. The Bertz CT molecular complexity index is 1210. The standard InChI is InChI=1S/C24H28N6OS/c1-5-23(9-17(2)32(4)31)30-16-22(14-28-30)20-11-25-24(26-12-20)19-8-6-7-18(10-19)21-13-27-29(3)15-21/h6-8,10-17,23H,5,9H2,1-4H3/t17-,23?,32?/m0/s1. The van der Waals surface area contributed by atoms with Crippen LogP contribution in [0.25, 0.3) is 33.6 Å². The summed E-state index contributed by atoms with van der Waals surface area (Å²) in [7, 11) is 1.07. The smallest absolute Gasteiger partial charge is 0.159 e. The lowest BCUT2D eigenvalue weighted by Crippen LogP contribution is -2.18. The zero-order valence-corrected chi connectivity index (χ0v) is 19.7. The Morgan fingerprint density at radius 2 is 1.62 bits per heavy atom. The van der Waals surface area contributed by atoms with Crippen molar-refractivity contribution in [2.24, 2.45) is 7.05 Å². The van der Waals surface area contributed by atoms with Gasteiger partial charge in [0.25, 0.3) is 0 Å². The highest BCUT2D eigenvalue weighted by Crippen LogP contribution is 2.26. The predicted octanol–water partition coefficient (Wildman–Crippen LogP) is 4.52. The van der Waals surface area contributed by atoms with Crippen LogP contribution in [0.5, 0.6) is 0 Å².